The van der Waals surface area contributed by atoms with Crippen molar-refractivity contribution in [2.75, 3.05) is 13.1 Å². The van der Waals surface area contributed by atoms with Gasteiger partial charge in [0.15, 0.2) is 0 Å². The maximum Gasteiger partial charge on any atom is 0.303 e. The third-order valence-corrected chi connectivity index (χ3v) is 6.07. The third kappa shape index (κ3) is 11.5. The van der Waals surface area contributed by atoms with E-state index in [-0.39, 0.29) is 35.4 Å². The minimum Gasteiger partial charge on any atom is -0.481 e. The van der Waals surface area contributed by atoms with Crippen LogP contribution >= 0.6 is 0 Å². The number of benzene rings is 2. The number of aliphatic carboxylic acids is 2. The fraction of sp³-hybridized carbons (Fsp3) is 0.400. The Bertz CT molecular complexity index is 1090. The maximum absolute atomic E-state index is 11.2. The Morgan fingerprint density at radius 3 is 1.21 bits per heavy atom. The summed E-state index contributed by atoms with van der Waals surface area (Å²) >= 11 is 0. The first-order chi connectivity index (χ1) is 15.5. The molecule has 192 valence electrons. The van der Waals surface area contributed by atoms with Crippen LogP contribution in [0.4, 0.5) is 0 Å². The minimum absolute atomic E-state index is 0.0233. The zero-order valence-corrected chi connectivity index (χ0v) is 20.3. The summed E-state index contributed by atoms with van der Waals surface area (Å²) in [4.78, 5) is 19.0. The van der Waals surface area contributed by atoms with Crippen molar-refractivity contribution in [1.29, 1.82) is 0 Å². The van der Waals surface area contributed by atoms with Crippen molar-refractivity contribution in [2.24, 2.45) is 23.3 Å². The summed E-state index contributed by atoms with van der Waals surface area (Å²) in [6.45, 7) is 4.53. The molecule has 0 bridgehead atoms. The molecule has 0 aromatic heterocycles. The van der Waals surface area contributed by atoms with Crippen molar-refractivity contribution in [1.82, 2.24) is 0 Å². The van der Waals surface area contributed by atoms with Gasteiger partial charge in [-0.05, 0) is 37.1 Å². The molecule has 0 aliphatic carbocycles. The van der Waals surface area contributed by atoms with E-state index in [0.717, 1.165) is 12.1 Å². The predicted octanol–water partition coefficient (Wildman–Crippen LogP) is 1.45. The van der Waals surface area contributed by atoms with Gasteiger partial charge in [-0.1, -0.05) is 38.1 Å². The summed E-state index contributed by atoms with van der Waals surface area (Å²) in [5.74, 6) is -1.34. The first kappa shape index (κ1) is 31.4. The van der Waals surface area contributed by atoms with Crippen molar-refractivity contribution >= 4 is 42.9 Å². The number of carboxylic acids is 2. The standard InChI is InChI=1S/C10H8O6S2.2C5H11NO2/c11-17(12,13)9-5-1-3-7-8(9)4-2-6-10(7)18(14,15)16;2*1-4(3-6)2-5(7)8/h1-6H,(H,11,12,13)(H,14,15,16);2*4H,2-3,6H2,1H3,(H,7,8). The molecule has 2 rings (SSSR count). The molecule has 0 heterocycles. The summed E-state index contributed by atoms with van der Waals surface area (Å²) in [6, 6.07) is 7.53. The highest BCUT2D eigenvalue weighted by atomic mass is 32.2. The Kier molecular flexibility index (Phi) is 12.9. The molecule has 12 nitrogen and oxygen atoms in total. The van der Waals surface area contributed by atoms with Gasteiger partial charge in [0.25, 0.3) is 20.2 Å². The van der Waals surface area contributed by atoms with E-state index in [0.29, 0.717) is 13.1 Å². The molecule has 0 saturated heterocycles. The van der Waals surface area contributed by atoms with E-state index in [1.807, 2.05) is 13.8 Å². The Balaban J connectivity index is 0.000000570. The highest BCUT2D eigenvalue weighted by molar-refractivity contribution is 7.86. The second-order valence-electron chi connectivity index (χ2n) is 7.44. The molecule has 0 spiro atoms. The van der Waals surface area contributed by atoms with E-state index < -0.39 is 42.0 Å². The largest absolute Gasteiger partial charge is 0.481 e. The Hall–Kier alpha value is -2.62. The molecule has 34 heavy (non-hydrogen) atoms. The number of fused-ring (bicyclic) bond motifs is 1. The summed E-state index contributed by atoms with van der Waals surface area (Å²) in [7, 11) is -8.94. The zero-order valence-electron chi connectivity index (χ0n) is 18.7. The van der Waals surface area contributed by atoms with Crippen molar-refractivity contribution < 1.29 is 45.7 Å². The SMILES string of the molecule is CC(CN)CC(=O)O.CC(CN)CC(=O)O.O=S(=O)(O)c1cccc2c(S(=O)(=O)O)cccc12. The van der Waals surface area contributed by atoms with Gasteiger partial charge in [0.1, 0.15) is 9.79 Å². The number of hydrogen-bond donors (Lipinski definition) is 6. The molecule has 0 saturated carbocycles. The minimum atomic E-state index is -4.47. The Morgan fingerprint density at radius 2 is 1.03 bits per heavy atom. The highest BCUT2D eigenvalue weighted by Gasteiger charge is 2.19. The average Bonchev–Trinajstić information content (AvgIpc) is 2.71. The monoisotopic (exact) mass is 522 g/mol. The van der Waals surface area contributed by atoms with Crippen LogP contribution in [0.2, 0.25) is 0 Å². The molecule has 0 aliphatic rings. The van der Waals surface area contributed by atoms with E-state index in [9.17, 15) is 26.4 Å². The molecule has 8 N–H and O–H groups in total. The molecule has 2 aromatic carbocycles. The summed E-state index contributed by atoms with van der Waals surface area (Å²) in [6.07, 6.45) is 0.354. The maximum atomic E-state index is 11.2. The van der Waals surface area contributed by atoms with Gasteiger partial charge in [0, 0.05) is 23.6 Å². The normalized spacial score (nSPS) is 13.0. The van der Waals surface area contributed by atoms with Gasteiger partial charge in [-0.15, -0.1) is 0 Å². The first-order valence-electron chi connectivity index (χ1n) is 9.84. The number of rotatable bonds is 8. The predicted molar refractivity (Wildman–Crippen MR) is 125 cm³/mol. The summed E-state index contributed by atoms with van der Waals surface area (Å²) < 4.78 is 62.7. The van der Waals surface area contributed by atoms with Crippen molar-refractivity contribution in [3.8, 4) is 0 Å². The van der Waals surface area contributed by atoms with Crippen molar-refractivity contribution in [2.45, 2.75) is 36.5 Å². The van der Waals surface area contributed by atoms with Gasteiger partial charge in [0.2, 0.25) is 0 Å². The third-order valence-electron chi connectivity index (χ3n) is 4.25. The molecule has 2 aromatic rings. The fourth-order valence-electron chi connectivity index (χ4n) is 2.47. The second-order valence-corrected chi connectivity index (χ2v) is 10.2. The molecule has 0 fully saturated rings. The van der Waals surface area contributed by atoms with Crippen LogP contribution in [0.15, 0.2) is 46.2 Å². The van der Waals surface area contributed by atoms with Gasteiger partial charge >= 0.3 is 11.9 Å². The lowest BCUT2D eigenvalue weighted by atomic mass is 10.1. The molecule has 0 amide bonds. The number of nitrogens with two attached hydrogens (primary N) is 2. The van der Waals surface area contributed by atoms with Crippen LogP contribution < -0.4 is 11.5 Å². The van der Waals surface area contributed by atoms with Crippen LogP contribution in [0.3, 0.4) is 0 Å². The van der Waals surface area contributed by atoms with Gasteiger partial charge in [-0.3, -0.25) is 18.7 Å². The van der Waals surface area contributed by atoms with Crippen LogP contribution in [-0.2, 0) is 29.8 Å². The topological polar surface area (TPSA) is 235 Å². The van der Waals surface area contributed by atoms with Crippen LogP contribution in [0.1, 0.15) is 26.7 Å². The van der Waals surface area contributed by atoms with Crippen LogP contribution in [0.5, 0.6) is 0 Å². The lowest BCUT2D eigenvalue weighted by molar-refractivity contribution is -0.138. The first-order valence-corrected chi connectivity index (χ1v) is 12.7. The molecule has 14 heteroatoms. The number of hydrogen-bond acceptors (Lipinski definition) is 8. The molecule has 0 radical (unpaired) electrons. The molecule has 2 atom stereocenters. The Labute approximate surface area is 198 Å². The summed E-state index contributed by atoms with van der Waals surface area (Å²) in [5, 5.41) is 16.4. The van der Waals surface area contributed by atoms with Crippen LogP contribution in [0, 0.1) is 11.8 Å². The van der Waals surface area contributed by atoms with Crippen LogP contribution in [-0.4, -0.2) is 61.2 Å². The molecule has 2 unspecified atom stereocenters. The van der Waals surface area contributed by atoms with E-state index in [1.54, 1.807) is 0 Å². The van der Waals surface area contributed by atoms with Gasteiger partial charge in [-0.25, -0.2) is 0 Å². The van der Waals surface area contributed by atoms with E-state index >= 15 is 0 Å². The van der Waals surface area contributed by atoms with E-state index in [1.165, 1.54) is 24.3 Å². The summed E-state index contributed by atoms with van der Waals surface area (Å²) in [5.41, 5.74) is 10.3. The second kappa shape index (κ2) is 13.9. The quantitative estimate of drug-likeness (QED) is 0.270. The van der Waals surface area contributed by atoms with Gasteiger partial charge < -0.3 is 21.7 Å². The van der Waals surface area contributed by atoms with Crippen molar-refractivity contribution in [3.05, 3.63) is 36.4 Å². The van der Waals surface area contributed by atoms with Crippen molar-refractivity contribution in [3.63, 3.8) is 0 Å². The zero-order chi connectivity index (χ0) is 26.7. The van der Waals surface area contributed by atoms with Crippen LogP contribution in [0.25, 0.3) is 10.8 Å². The van der Waals surface area contributed by atoms with Gasteiger partial charge in [-0.2, -0.15) is 16.8 Å². The molecule has 0 aliphatic heterocycles. The molecular weight excluding hydrogens is 492 g/mol. The average molecular weight is 523 g/mol. The highest BCUT2D eigenvalue weighted by Crippen LogP contribution is 2.27. The lowest BCUT2D eigenvalue weighted by Crippen LogP contribution is -2.14. The smallest absolute Gasteiger partial charge is 0.303 e. The van der Waals surface area contributed by atoms with E-state index in [2.05, 4.69) is 0 Å². The fourth-order valence-corrected chi connectivity index (χ4v) is 3.88. The Morgan fingerprint density at radius 1 is 0.735 bits per heavy atom. The lowest BCUT2D eigenvalue weighted by Gasteiger charge is -2.06. The van der Waals surface area contributed by atoms with E-state index in [4.69, 9.17) is 30.8 Å². The molecular formula is C20H30N2O10S2. The number of carbonyl (C=O) groups is 2. The van der Waals surface area contributed by atoms with Gasteiger partial charge in [0.05, 0.1) is 0 Å². The number of carboxylic acid groups (broad SMARTS) is 2.